The molecule has 0 radical (unpaired) electrons. The quantitative estimate of drug-likeness (QED) is 0.529. The largest absolute Gasteiger partial charge is 0.493 e. The van der Waals surface area contributed by atoms with Crippen molar-refractivity contribution in [2.24, 2.45) is 0 Å². The lowest BCUT2D eigenvalue weighted by Crippen LogP contribution is -2.09. The lowest BCUT2D eigenvalue weighted by molar-refractivity contribution is -0.111. The van der Waals surface area contributed by atoms with Gasteiger partial charge in [0.15, 0.2) is 11.5 Å². The first-order chi connectivity index (χ1) is 13.4. The molecule has 0 fully saturated rings. The molecular formula is C19H17BrN2O6. The number of furan rings is 1. The van der Waals surface area contributed by atoms with E-state index in [1.807, 2.05) is 6.07 Å². The first kappa shape index (κ1) is 21.1. The number of nitrogens with zero attached hydrogens (tertiary/aromatic N) is 1. The van der Waals surface area contributed by atoms with Crippen molar-refractivity contribution in [3.63, 3.8) is 0 Å². The summed E-state index contributed by atoms with van der Waals surface area (Å²) in [5.74, 6) is -0.191. The third-order valence-corrected chi connectivity index (χ3v) is 4.29. The van der Waals surface area contributed by atoms with Crippen LogP contribution in [0.4, 0.5) is 5.88 Å². The average molecular weight is 449 g/mol. The monoisotopic (exact) mass is 448 g/mol. The summed E-state index contributed by atoms with van der Waals surface area (Å²) in [4.78, 5) is 24.0. The van der Waals surface area contributed by atoms with Crippen LogP contribution in [0, 0.1) is 18.3 Å². The smallest absolute Gasteiger partial charge is 0.342 e. The SMILES string of the molecule is COC(=O)c1c(C)oc(NC(=O)/C=C/c2cc(Br)c(OC)c(OC)c2)c1C#N. The molecule has 0 saturated heterocycles. The van der Waals surface area contributed by atoms with Crippen LogP contribution in [-0.2, 0) is 9.53 Å². The minimum Gasteiger partial charge on any atom is -0.493 e. The Morgan fingerprint density at radius 3 is 2.54 bits per heavy atom. The molecule has 28 heavy (non-hydrogen) atoms. The zero-order valence-corrected chi connectivity index (χ0v) is 17.2. The van der Waals surface area contributed by atoms with Gasteiger partial charge in [-0.05, 0) is 46.6 Å². The Morgan fingerprint density at radius 2 is 1.96 bits per heavy atom. The van der Waals surface area contributed by atoms with Gasteiger partial charge < -0.3 is 18.6 Å². The van der Waals surface area contributed by atoms with E-state index < -0.39 is 11.9 Å². The maximum Gasteiger partial charge on any atom is 0.342 e. The third kappa shape index (κ3) is 4.35. The van der Waals surface area contributed by atoms with Gasteiger partial charge in [0.2, 0.25) is 5.88 Å². The van der Waals surface area contributed by atoms with Crippen molar-refractivity contribution in [1.82, 2.24) is 0 Å². The summed E-state index contributed by atoms with van der Waals surface area (Å²) >= 11 is 3.38. The van der Waals surface area contributed by atoms with Crippen LogP contribution in [0.25, 0.3) is 6.08 Å². The predicted molar refractivity (Wildman–Crippen MR) is 104 cm³/mol. The number of carbonyl (C=O) groups is 2. The van der Waals surface area contributed by atoms with Crippen molar-refractivity contribution in [2.75, 3.05) is 26.6 Å². The number of halogens is 1. The molecule has 0 aliphatic carbocycles. The molecule has 0 bridgehead atoms. The predicted octanol–water partition coefficient (Wildman–Crippen LogP) is 3.68. The molecule has 146 valence electrons. The van der Waals surface area contributed by atoms with Crippen molar-refractivity contribution in [3.05, 3.63) is 45.1 Å². The Morgan fingerprint density at radius 1 is 1.25 bits per heavy atom. The number of benzene rings is 1. The number of amides is 1. The van der Waals surface area contributed by atoms with Crippen LogP contribution in [0.2, 0.25) is 0 Å². The molecule has 1 heterocycles. The van der Waals surface area contributed by atoms with Crippen LogP contribution >= 0.6 is 15.9 Å². The molecule has 1 amide bonds. The Balaban J connectivity index is 2.25. The fraction of sp³-hybridized carbons (Fsp3) is 0.211. The lowest BCUT2D eigenvalue weighted by Gasteiger charge is -2.10. The number of hydrogen-bond acceptors (Lipinski definition) is 7. The van der Waals surface area contributed by atoms with E-state index in [-0.39, 0.29) is 22.8 Å². The summed E-state index contributed by atoms with van der Waals surface area (Å²) in [6.07, 6.45) is 2.80. The molecule has 0 atom stereocenters. The van der Waals surface area contributed by atoms with Gasteiger partial charge >= 0.3 is 5.97 Å². The van der Waals surface area contributed by atoms with E-state index in [0.717, 1.165) is 0 Å². The Hall–Kier alpha value is -3.25. The molecule has 1 aromatic carbocycles. The number of hydrogen-bond donors (Lipinski definition) is 1. The van der Waals surface area contributed by atoms with Crippen LogP contribution in [0.5, 0.6) is 11.5 Å². The molecule has 0 aliphatic heterocycles. The molecule has 8 nitrogen and oxygen atoms in total. The molecule has 0 aliphatic rings. The third-order valence-electron chi connectivity index (χ3n) is 3.71. The highest BCUT2D eigenvalue weighted by atomic mass is 79.9. The number of ether oxygens (including phenoxy) is 3. The number of esters is 1. The number of rotatable bonds is 6. The van der Waals surface area contributed by atoms with E-state index >= 15 is 0 Å². The highest BCUT2D eigenvalue weighted by molar-refractivity contribution is 9.10. The summed E-state index contributed by atoms with van der Waals surface area (Å²) in [5, 5.41) is 11.7. The van der Waals surface area contributed by atoms with Crippen molar-refractivity contribution >= 4 is 39.8 Å². The zero-order valence-electron chi connectivity index (χ0n) is 15.6. The summed E-state index contributed by atoms with van der Waals surface area (Å²) in [5.41, 5.74) is 0.555. The molecule has 2 rings (SSSR count). The molecule has 0 unspecified atom stereocenters. The molecule has 1 aromatic heterocycles. The van der Waals surface area contributed by atoms with E-state index in [2.05, 4.69) is 26.0 Å². The summed E-state index contributed by atoms with van der Waals surface area (Å²) < 4.78 is 21.1. The van der Waals surface area contributed by atoms with Crippen LogP contribution in [0.3, 0.4) is 0 Å². The maximum atomic E-state index is 12.2. The van der Waals surface area contributed by atoms with E-state index in [9.17, 15) is 14.9 Å². The van der Waals surface area contributed by atoms with Gasteiger partial charge in [0.05, 0.1) is 25.8 Å². The molecule has 0 spiro atoms. The standard InChI is InChI=1S/C19H17BrN2O6/c1-10-16(19(24)27-4)12(9-21)18(28-10)22-15(23)6-5-11-7-13(20)17(26-3)14(8-11)25-2/h5-8H,1-4H3,(H,22,23)/b6-5+. The fourth-order valence-electron chi connectivity index (χ4n) is 2.45. The highest BCUT2D eigenvalue weighted by Crippen LogP contribution is 2.36. The van der Waals surface area contributed by atoms with Crippen LogP contribution in [0.15, 0.2) is 27.1 Å². The van der Waals surface area contributed by atoms with Gasteiger partial charge in [0.1, 0.15) is 23.0 Å². The topological polar surface area (TPSA) is 111 Å². The second-order valence-electron chi connectivity index (χ2n) is 5.40. The van der Waals surface area contributed by atoms with E-state index in [0.29, 0.717) is 21.5 Å². The summed E-state index contributed by atoms with van der Waals surface area (Å²) in [6, 6.07) is 5.29. The maximum absolute atomic E-state index is 12.2. The second kappa shape index (κ2) is 9.10. The van der Waals surface area contributed by atoms with Crippen LogP contribution < -0.4 is 14.8 Å². The number of anilines is 1. The van der Waals surface area contributed by atoms with Crippen molar-refractivity contribution in [1.29, 1.82) is 5.26 Å². The van der Waals surface area contributed by atoms with E-state index in [1.165, 1.54) is 34.3 Å². The molecule has 0 saturated carbocycles. The van der Waals surface area contributed by atoms with Gasteiger partial charge in [-0.1, -0.05) is 0 Å². The van der Waals surface area contributed by atoms with Gasteiger partial charge in [-0.2, -0.15) is 5.26 Å². The van der Waals surface area contributed by atoms with Gasteiger partial charge in [0, 0.05) is 6.08 Å². The van der Waals surface area contributed by atoms with E-state index in [4.69, 9.17) is 13.9 Å². The molecule has 1 N–H and O–H groups in total. The van der Waals surface area contributed by atoms with Gasteiger partial charge in [-0.25, -0.2) is 4.79 Å². The number of nitriles is 1. The zero-order chi connectivity index (χ0) is 20.8. The average Bonchev–Trinajstić information content (AvgIpc) is 2.99. The highest BCUT2D eigenvalue weighted by Gasteiger charge is 2.25. The minimum absolute atomic E-state index is 0.0203. The first-order valence-corrected chi connectivity index (χ1v) is 8.67. The molecular weight excluding hydrogens is 432 g/mol. The van der Waals surface area contributed by atoms with Gasteiger partial charge in [0.25, 0.3) is 5.91 Å². The van der Waals surface area contributed by atoms with Gasteiger partial charge in [-0.15, -0.1) is 0 Å². The second-order valence-corrected chi connectivity index (χ2v) is 6.26. The normalized spacial score (nSPS) is 10.4. The van der Waals surface area contributed by atoms with Crippen molar-refractivity contribution in [3.8, 4) is 17.6 Å². The number of nitrogens with one attached hydrogen (secondary N) is 1. The Kier molecular flexibility index (Phi) is 6.84. The van der Waals surface area contributed by atoms with Gasteiger partial charge in [-0.3, -0.25) is 10.1 Å². The van der Waals surface area contributed by atoms with Crippen molar-refractivity contribution < 1.29 is 28.2 Å². The summed E-state index contributed by atoms with van der Waals surface area (Å²) in [7, 11) is 4.22. The number of methoxy groups -OCH3 is 3. The summed E-state index contributed by atoms with van der Waals surface area (Å²) in [6.45, 7) is 1.50. The Labute approximate surface area is 169 Å². The van der Waals surface area contributed by atoms with Crippen LogP contribution in [-0.4, -0.2) is 33.2 Å². The Bertz CT molecular complexity index is 987. The van der Waals surface area contributed by atoms with E-state index in [1.54, 1.807) is 18.2 Å². The first-order valence-electron chi connectivity index (χ1n) is 7.88. The van der Waals surface area contributed by atoms with Crippen LogP contribution in [0.1, 0.15) is 27.2 Å². The lowest BCUT2D eigenvalue weighted by atomic mass is 10.1. The van der Waals surface area contributed by atoms with Crippen molar-refractivity contribution in [2.45, 2.75) is 6.92 Å². The number of aryl methyl sites for hydroxylation is 1. The minimum atomic E-state index is -0.719. The number of carbonyl (C=O) groups excluding carboxylic acids is 2. The molecule has 2 aromatic rings. The molecule has 9 heteroatoms. The fourth-order valence-corrected chi connectivity index (χ4v) is 3.07.